The summed E-state index contributed by atoms with van der Waals surface area (Å²) in [6, 6.07) is 2.80. The third-order valence-corrected chi connectivity index (χ3v) is 5.31. The van der Waals surface area contributed by atoms with Crippen LogP contribution in [0.4, 0.5) is 8.78 Å². The predicted octanol–water partition coefficient (Wildman–Crippen LogP) is 1.47. The van der Waals surface area contributed by atoms with E-state index in [0.717, 1.165) is 28.0 Å². The summed E-state index contributed by atoms with van der Waals surface area (Å²) in [5.41, 5.74) is -2.18. The number of amides is 3. The lowest BCUT2D eigenvalue weighted by Crippen LogP contribution is -2.56. The SMILES string of the molecule is CC(=O)N1CN(CCCOC(C)C)C(=O)c2c(O)c(=O)c(C(=O)NCc3ccc(F)cc3F)cn21. The minimum Gasteiger partial charge on any atom is -0.502 e. The van der Waals surface area contributed by atoms with Crippen molar-refractivity contribution in [2.75, 3.05) is 24.8 Å². The number of halogens is 2. The lowest BCUT2D eigenvalue weighted by atomic mass is 10.1. The number of fused-ring (bicyclic) bond motifs is 1. The van der Waals surface area contributed by atoms with Crippen LogP contribution in [0.5, 0.6) is 5.75 Å². The average molecular weight is 492 g/mol. The molecule has 0 unspecified atom stereocenters. The largest absolute Gasteiger partial charge is 0.502 e. The van der Waals surface area contributed by atoms with Crippen LogP contribution in [0.25, 0.3) is 0 Å². The molecule has 0 radical (unpaired) electrons. The Morgan fingerprint density at radius 1 is 1.23 bits per heavy atom. The van der Waals surface area contributed by atoms with Crippen molar-refractivity contribution < 1.29 is 33.0 Å². The quantitative estimate of drug-likeness (QED) is 0.539. The molecule has 1 aromatic carbocycles. The van der Waals surface area contributed by atoms with Gasteiger partial charge in [-0.15, -0.1) is 0 Å². The zero-order valence-electron chi connectivity index (χ0n) is 19.5. The van der Waals surface area contributed by atoms with E-state index in [0.29, 0.717) is 19.1 Å². The number of hydrogen-bond acceptors (Lipinski definition) is 6. The van der Waals surface area contributed by atoms with E-state index in [1.807, 2.05) is 13.8 Å². The Hall–Kier alpha value is -3.80. The molecule has 3 rings (SSSR count). The Morgan fingerprint density at radius 2 is 1.94 bits per heavy atom. The highest BCUT2D eigenvalue weighted by atomic mass is 19.1. The van der Waals surface area contributed by atoms with Gasteiger partial charge in [0.2, 0.25) is 11.3 Å². The van der Waals surface area contributed by atoms with Gasteiger partial charge in [0.1, 0.15) is 23.9 Å². The van der Waals surface area contributed by atoms with Crippen LogP contribution in [-0.4, -0.2) is 58.3 Å². The Morgan fingerprint density at radius 3 is 2.57 bits per heavy atom. The third kappa shape index (κ3) is 5.65. The first-order chi connectivity index (χ1) is 16.5. The van der Waals surface area contributed by atoms with Crippen LogP contribution in [0.1, 0.15) is 53.6 Å². The van der Waals surface area contributed by atoms with Crippen molar-refractivity contribution in [2.24, 2.45) is 0 Å². The minimum atomic E-state index is -1.13. The molecule has 0 bridgehead atoms. The molecule has 3 amide bonds. The molecule has 2 aromatic rings. The van der Waals surface area contributed by atoms with Crippen LogP contribution >= 0.6 is 0 Å². The Labute approximate surface area is 199 Å². The number of carbonyl (C=O) groups excluding carboxylic acids is 3. The maximum absolute atomic E-state index is 13.9. The summed E-state index contributed by atoms with van der Waals surface area (Å²) in [6.45, 7) is 5.00. The lowest BCUT2D eigenvalue weighted by Gasteiger charge is -2.38. The molecule has 35 heavy (non-hydrogen) atoms. The molecule has 10 nitrogen and oxygen atoms in total. The molecule has 1 aliphatic rings. The Bertz CT molecular complexity index is 1210. The van der Waals surface area contributed by atoms with Gasteiger partial charge in [-0.1, -0.05) is 6.07 Å². The summed E-state index contributed by atoms with van der Waals surface area (Å²) in [5, 5.41) is 14.0. The predicted molar refractivity (Wildman–Crippen MR) is 120 cm³/mol. The van der Waals surface area contributed by atoms with Crippen molar-refractivity contribution in [3.05, 3.63) is 63.1 Å². The molecule has 0 fully saturated rings. The number of nitrogens with zero attached hydrogens (tertiary/aromatic N) is 3. The van der Waals surface area contributed by atoms with Gasteiger partial charge in [-0.25, -0.2) is 18.5 Å². The van der Waals surface area contributed by atoms with Crippen molar-refractivity contribution in [1.29, 1.82) is 0 Å². The van der Waals surface area contributed by atoms with E-state index >= 15 is 0 Å². The molecular formula is C23H26F2N4O6. The van der Waals surface area contributed by atoms with E-state index in [1.165, 1.54) is 11.8 Å². The van der Waals surface area contributed by atoms with Crippen molar-refractivity contribution in [2.45, 2.75) is 39.8 Å². The molecule has 188 valence electrons. The summed E-state index contributed by atoms with van der Waals surface area (Å²) in [5.74, 6) is -4.85. The second-order valence-corrected chi connectivity index (χ2v) is 8.23. The van der Waals surface area contributed by atoms with E-state index in [2.05, 4.69) is 5.32 Å². The fourth-order valence-corrected chi connectivity index (χ4v) is 3.52. The van der Waals surface area contributed by atoms with Crippen molar-refractivity contribution in [1.82, 2.24) is 14.9 Å². The van der Waals surface area contributed by atoms with Crippen LogP contribution in [0, 0.1) is 11.6 Å². The first kappa shape index (κ1) is 25.8. The van der Waals surface area contributed by atoms with Gasteiger partial charge in [0.25, 0.3) is 11.8 Å². The number of hydrogen-bond donors (Lipinski definition) is 2. The molecule has 1 aromatic heterocycles. The number of carbonyl (C=O) groups is 3. The van der Waals surface area contributed by atoms with E-state index in [1.54, 1.807) is 0 Å². The van der Waals surface area contributed by atoms with Crippen LogP contribution in [0.3, 0.4) is 0 Å². The molecule has 0 aliphatic carbocycles. The van der Waals surface area contributed by atoms with Crippen molar-refractivity contribution in [3.63, 3.8) is 0 Å². The fraction of sp³-hybridized carbons (Fsp3) is 0.391. The normalized spacial score (nSPS) is 13.3. The number of rotatable bonds is 8. The number of aromatic hydroxyl groups is 1. The molecule has 0 saturated carbocycles. The first-order valence-corrected chi connectivity index (χ1v) is 10.9. The van der Waals surface area contributed by atoms with Gasteiger partial charge in [-0.3, -0.25) is 19.2 Å². The van der Waals surface area contributed by atoms with Gasteiger partial charge in [0, 0.05) is 44.4 Å². The summed E-state index contributed by atoms with van der Waals surface area (Å²) in [6.07, 6.45) is 1.45. The maximum atomic E-state index is 13.9. The number of nitrogens with one attached hydrogen (secondary N) is 1. The maximum Gasteiger partial charge on any atom is 0.277 e. The van der Waals surface area contributed by atoms with Gasteiger partial charge >= 0.3 is 0 Å². The summed E-state index contributed by atoms with van der Waals surface area (Å²) in [4.78, 5) is 52.0. The summed E-state index contributed by atoms with van der Waals surface area (Å²) in [7, 11) is 0. The molecule has 0 spiro atoms. The monoisotopic (exact) mass is 492 g/mol. The number of benzene rings is 1. The smallest absolute Gasteiger partial charge is 0.277 e. The number of aromatic nitrogens is 1. The van der Waals surface area contributed by atoms with E-state index < -0.39 is 51.8 Å². The average Bonchev–Trinajstić information content (AvgIpc) is 2.78. The second kappa shape index (κ2) is 10.6. The molecule has 1 aliphatic heterocycles. The molecule has 0 saturated heterocycles. The van der Waals surface area contributed by atoms with Crippen LogP contribution in [-0.2, 0) is 16.1 Å². The molecule has 2 N–H and O–H groups in total. The van der Waals surface area contributed by atoms with Crippen LogP contribution in [0.2, 0.25) is 0 Å². The van der Waals surface area contributed by atoms with Crippen LogP contribution < -0.4 is 15.8 Å². The van der Waals surface area contributed by atoms with Crippen molar-refractivity contribution in [3.8, 4) is 5.75 Å². The highest BCUT2D eigenvalue weighted by Crippen LogP contribution is 2.22. The minimum absolute atomic E-state index is 0.00763. The molecule has 0 atom stereocenters. The summed E-state index contributed by atoms with van der Waals surface area (Å²) < 4.78 is 33.4. The zero-order chi connectivity index (χ0) is 25.9. The highest BCUT2D eigenvalue weighted by molar-refractivity contribution is 6.01. The zero-order valence-corrected chi connectivity index (χ0v) is 19.5. The fourth-order valence-electron chi connectivity index (χ4n) is 3.52. The molecular weight excluding hydrogens is 466 g/mol. The third-order valence-electron chi connectivity index (χ3n) is 5.31. The van der Waals surface area contributed by atoms with Crippen molar-refractivity contribution >= 4 is 17.7 Å². The first-order valence-electron chi connectivity index (χ1n) is 10.9. The van der Waals surface area contributed by atoms with Crippen LogP contribution in [0.15, 0.2) is 29.2 Å². The van der Waals surface area contributed by atoms with E-state index in [9.17, 15) is 33.1 Å². The van der Waals surface area contributed by atoms with E-state index in [-0.39, 0.29) is 31.4 Å². The molecule has 12 heteroatoms. The van der Waals surface area contributed by atoms with Gasteiger partial charge in [0.15, 0.2) is 11.4 Å². The van der Waals surface area contributed by atoms with Gasteiger partial charge in [-0.2, -0.15) is 0 Å². The topological polar surface area (TPSA) is 121 Å². The summed E-state index contributed by atoms with van der Waals surface area (Å²) >= 11 is 0. The van der Waals surface area contributed by atoms with Gasteiger partial charge < -0.3 is 20.1 Å². The van der Waals surface area contributed by atoms with Gasteiger partial charge in [-0.05, 0) is 26.3 Å². The highest BCUT2D eigenvalue weighted by Gasteiger charge is 2.35. The molecule has 2 heterocycles. The van der Waals surface area contributed by atoms with E-state index in [4.69, 9.17) is 4.74 Å². The number of pyridine rings is 1. The number of ether oxygens (including phenoxy) is 1. The Kier molecular flexibility index (Phi) is 7.85. The standard InChI is InChI=1S/C23H26F2N4O6/c1-13(2)35-8-4-7-27-12-29(14(3)30)28-11-17(20(31)21(32)19(28)23(27)34)22(33)26-10-15-5-6-16(24)9-18(15)25/h5-6,9,11,13,32H,4,7-8,10,12H2,1-3H3,(H,26,33). The Balaban J connectivity index is 1.88. The lowest BCUT2D eigenvalue weighted by molar-refractivity contribution is -0.118. The van der Waals surface area contributed by atoms with Gasteiger partial charge in [0.05, 0.1) is 6.10 Å². The second-order valence-electron chi connectivity index (χ2n) is 8.23.